The van der Waals surface area contributed by atoms with E-state index in [9.17, 15) is 0 Å². The number of hydrogen-bond acceptors (Lipinski definition) is 3. The van der Waals surface area contributed by atoms with Gasteiger partial charge < -0.3 is 14.6 Å². The van der Waals surface area contributed by atoms with Crippen molar-refractivity contribution in [2.75, 3.05) is 20.3 Å². The van der Waals surface area contributed by atoms with Crippen LogP contribution in [0.1, 0.15) is 5.56 Å². The smallest absolute Gasteiger partial charge is 0.138 e. The van der Waals surface area contributed by atoms with Gasteiger partial charge in [-0.3, -0.25) is 0 Å². The van der Waals surface area contributed by atoms with Gasteiger partial charge in [-0.15, -0.1) is 0 Å². The van der Waals surface area contributed by atoms with Crippen LogP contribution in [0.25, 0.3) is 0 Å². The largest absolute Gasteiger partial charge is 0.490 e. The van der Waals surface area contributed by atoms with Gasteiger partial charge in [-0.05, 0) is 17.7 Å². The molecular formula is C10H13ClO3. The lowest BCUT2D eigenvalue weighted by Gasteiger charge is -2.08. The average molecular weight is 217 g/mol. The molecule has 0 aromatic heterocycles. The lowest BCUT2D eigenvalue weighted by atomic mass is 10.2. The first-order valence-electron chi connectivity index (χ1n) is 4.29. The van der Waals surface area contributed by atoms with E-state index >= 15 is 0 Å². The van der Waals surface area contributed by atoms with E-state index in [0.29, 0.717) is 24.0 Å². The third-order valence-corrected chi connectivity index (χ3v) is 2.04. The maximum Gasteiger partial charge on any atom is 0.138 e. The molecule has 1 N–H and O–H groups in total. The molecule has 1 aromatic carbocycles. The third-order valence-electron chi connectivity index (χ3n) is 1.72. The molecule has 0 radical (unpaired) electrons. The van der Waals surface area contributed by atoms with Crippen LogP contribution in [0, 0.1) is 0 Å². The molecule has 0 atom stereocenters. The Bertz CT molecular complexity index is 289. The number of aliphatic hydroxyl groups is 1. The van der Waals surface area contributed by atoms with E-state index in [1.165, 1.54) is 0 Å². The SMILES string of the molecule is COCCOc1cc(CO)ccc1Cl. The molecule has 0 saturated heterocycles. The second-order valence-corrected chi connectivity index (χ2v) is 3.17. The van der Waals surface area contributed by atoms with Crippen molar-refractivity contribution in [2.45, 2.75) is 6.61 Å². The maximum atomic E-state index is 8.90. The molecule has 0 unspecified atom stereocenters. The Hall–Kier alpha value is -0.770. The number of hydrogen-bond donors (Lipinski definition) is 1. The minimum absolute atomic E-state index is 0.0161. The van der Waals surface area contributed by atoms with E-state index in [2.05, 4.69) is 0 Å². The van der Waals surface area contributed by atoms with Crippen LogP contribution in [0.2, 0.25) is 5.02 Å². The topological polar surface area (TPSA) is 38.7 Å². The van der Waals surface area contributed by atoms with Crippen LogP contribution in [0.4, 0.5) is 0 Å². The second kappa shape index (κ2) is 5.86. The van der Waals surface area contributed by atoms with Crippen LogP contribution in [0.15, 0.2) is 18.2 Å². The van der Waals surface area contributed by atoms with E-state index in [1.807, 2.05) is 0 Å². The zero-order valence-electron chi connectivity index (χ0n) is 8.00. The van der Waals surface area contributed by atoms with Gasteiger partial charge in [-0.2, -0.15) is 0 Å². The van der Waals surface area contributed by atoms with E-state index < -0.39 is 0 Å². The molecule has 0 aliphatic carbocycles. The van der Waals surface area contributed by atoms with Crippen LogP contribution >= 0.6 is 11.6 Å². The molecule has 1 rings (SSSR count). The molecule has 4 heteroatoms. The molecule has 1 aromatic rings. The Labute approximate surface area is 88.2 Å². The lowest BCUT2D eigenvalue weighted by Crippen LogP contribution is -2.04. The monoisotopic (exact) mass is 216 g/mol. The van der Waals surface area contributed by atoms with E-state index in [-0.39, 0.29) is 6.61 Å². The molecule has 78 valence electrons. The van der Waals surface area contributed by atoms with E-state index in [0.717, 1.165) is 5.56 Å². The Morgan fingerprint density at radius 2 is 2.14 bits per heavy atom. The van der Waals surface area contributed by atoms with Gasteiger partial charge in [0.05, 0.1) is 18.2 Å². The van der Waals surface area contributed by atoms with Crippen molar-refractivity contribution in [1.29, 1.82) is 0 Å². The highest BCUT2D eigenvalue weighted by molar-refractivity contribution is 6.32. The summed E-state index contributed by atoms with van der Waals surface area (Å²) in [7, 11) is 1.61. The first-order chi connectivity index (χ1) is 6.77. The van der Waals surface area contributed by atoms with Gasteiger partial charge in [0, 0.05) is 7.11 Å². The zero-order chi connectivity index (χ0) is 10.4. The Kier molecular flexibility index (Phi) is 4.73. The number of methoxy groups -OCH3 is 1. The fourth-order valence-corrected chi connectivity index (χ4v) is 1.16. The number of benzene rings is 1. The maximum absolute atomic E-state index is 8.90. The number of rotatable bonds is 5. The van der Waals surface area contributed by atoms with Crippen LogP contribution in [-0.4, -0.2) is 25.4 Å². The van der Waals surface area contributed by atoms with Crippen LogP contribution < -0.4 is 4.74 Å². The van der Waals surface area contributed by atoms with E-state index in [4.69, 9.17) is 26.2 Å². The molecule has 0 spiro atoms. The summed E-state index contributed by atoms with van der Waals surface area (Å²) in [5.41, 5.74) is 0.779. The Balaban J connectivity index is 2.64. The van der Waals surface area contributed by atoms with Gasteiger partial charge in [0.1, 0.15) is 12.4 Å². The fourth-order valence-electron chi connectivity index (χ4n) is 0.992. The first-order valence-corrected chi connectivity index (χ1v) is 4.66. The van der Waals surface area contributed by atoms with Crippen molar-refractivity contribution in [3.05, 3.63) is 28.8 Å². The van der Waals surface area contributed by atoms with Gasteiger partial charge in [0.25, 0.3) is 0 Å². The van der Waals surface area contributed by atoms with Crippen molar-refractivity contribution in [2.24, 2.45) is 0 Å². The Morgan fingerprint density at radius 1 is 1.36 bits per heavy atom. The quantitative estimate of drug-likeness (QED) is 0.764. The predicted octanol–water partition coefficient (Wildman–Crippen LogP) is 1.86. The molecule has 3 nitrogen and oxygen atoms in total. The standard InChI is InChI=1S/C10H13ClO3/c1-13-4-5-14-10-6-8(7-12)2-3-9(10)11/h2-3,6,12H,4-5,7H2,1H3. The Morgan fingerprint density at radius 3 is 2.79 bits per heavy atom. The fraction of sp³-hybridized carbons (Fsp3) is 0.400. The lowest BCUT2D eigenvalue weighted by molar-refractivity contribution is 0.146. The van der Waals surface area contributed by atoms with Crippen molar-refractivity contribution >= 4 is 11.6 Å². The van der Waals surface area contributed by atoms with Crippen LogP contribution in [-0.2, 0) is 11.3 Å². The van der Waals surface area contributed by atoms with Crippen LogP contribution in [0.3, 0.4) is 0 Å². The zero-order valence-corrected chi connectivity index (χ0v) is 8.75. The van der Waals surface area contributed by atoms with Crippen molar-refractivity contribution in [3.63, 3.8) is 0 Å². The summed E-state index contributed by atoms with van der Waals surface area (Å²) < 4.78 is 10.2. The molecule has 14 heavy (non-hydrogen) atoms. The average Bonchev–Trinajstić information content (AvgIpc) is 2.21. The molecule has 0 saturated carbocycles. The third kappa shape index (κ3) is 3.18. The summed E-state index contributed by atoms with van der Waals surface area (Å²) in [6.45, 7) is 0.947. The summed E-state index contributed by atoms with van der Waals surface area (Å²) >= 11 is 5.88. The molecule has 0 amide bonds. The second-order valence-electron chi connectivity index (χ2n) is 2.76. The molecule has 0 fully saturated rings. The van der Waals surface area contributed by atoms with Crippen molar-refractivity contribution in [1.82, 2.24) is 0 Å². The summed E-state index contributed by atoms with van der Waals surface area (Å²) in [6.07, 6.45) is 0. The minimum Gasteiger partial charge on any atom is -0.490 e. The van der Waals surface area contributed by atoms with Crippen molar-refractivity contribution < 1.29 is 14.6 Å². The molecular weight excluding hydrogens is 204 g/mol. The van der Waals surface area contributed by atoms with Gasteiger partial charge >= 0.3 is 0 Å². The summed E-state index contributed by atoms with van der Waals surface area (Å²) in [5, 5.41) is 9.44. The minimum atomic E-state index is -0.0161. The normalized spacial score (nSPS) is 10.2. The van der Waals surface area contributed by atoms with Gasteiger partial charge in [-0.25, -0.2) is 0 Å². The van der Waals surface area contributed by atoms with Gasteiger partial charge in [-0.1, -0.05) is 17.7 Å². The van der Waals surface area contributed by atoms with Crippen molar-refractivity contribution in [3.8, 4) is 5.75 Å². The summed E-state index contributed by atoms with van der Waals surface area (Å²) in [4.78, 5) is 0. The predicted molar refractivity (Wildman–Crippen MR) is 54.7 cm³/mol. The highest BCUT2D eigenvalue weighted by Gasteiger charge is 2.02. The van der Waals surface area contributed by atoms with Gasteiger partial charge in [0.2, 0.25) is 0 Å². The van der Waals surface area contributed by atoms with E-state index in [1.54, 1.807) is 25.3 Å². The number of aliphatic hydroxyl groups excluding tert-OH is 1. The highest BCUT2D eigenvalue weighted by Crippen LogP contribution is 2.25. The molecule has 0 aliphatic heterocycles. The molecule has 0 aliphatic rings. The summed E-state index contributed by atoms with van der Waals surface area (Å²) in [5.74, 6) is 0.579. The highest BCUT2D eigenvalue weighted by atomic mass is 35.5. The summed E-state index contributed by atoms with van der Waals surface area (Å²) in [6, 6.07) is 5.18. The first kappa shape index (κ1) is 11.3. The van der Waals surface area contributed by atoms with Gasteiger partial charge in [0.15, 0.2) is 0 Å². The van der Waals surface area contributed by atoms with Crippen LogP contribution in [0.5, 0.6) is 5.75 Å². The molecule has 0 heterocycles. The molecule has 0 bridgehead atoms. The number of ether oxygens (including phenoxy) is 2. The number of halogens is 1.